The first kappa shape index (κ1) is 95.1. The summed E-state index contributed by atoms with van der Waals surface area (Å²) in [6.07, 6.45) is -41.8. The number of hydrogen-bond donors (Lipinski definition) is 0. The summed E-state index contributed by atoms with van der Waals surface area (Å²) in [4.78, 5) is 72.9. The highest BCUT2D eigenvalue weighted by Crippen LogP contribution is 2.45. The lowest BCUT2D eigenvalue weighted by Crippen LogP contribution is -2.50. The molecule has 0 aromatic heterocycles. The minimum Gasteiger partial charge on any atom is -0.427 e. The van der Waals surface area contributed by atoms with Gasteiger partial charge in [0.2, 0.25) is 0 Å². The molecule has 7 heterocycles. The fourth-order valence-electron chi connectivity index (χ4n) is 5.89. The average molecular weight is 1630 g/mol. The third kappa shape index (κ3) is 27.4. The molecule has 7 aliphatic heterocycles. The van der Waals surface area contributed by atoms with E-state index in [9.17, 15) is 161 Å². The predicted molar refractivity (Wildman–Crippen MR) is 261 cm³/mol. The van der Waals surface area contributed by atoms with Gasteiger partial charge in [-0.1, -0.05) is 30.4 Å². The maximum Gasteiger partial charge on any atom is 0.511 e. The van der Waals surface area contributed by atoms with Crippen LogP contribution in [-0.2, 0) is 99.5 Å². The summed E-state index contributed by atoms with van der Waals surface area (Å²) in [6, 6.07) is 0. The van der Waals surface area contributed by atoms with Gasteiger partial charge in [-0.3, -0.25) is 0 Å². The molecule has 606 valence electrons. The highest BCUT2D eigenvalue weighted by Gasteiger charge is 2.70. The van der Waals surface area contributed by atoms with Gasteiger partial charge in [-0.05, 0) is 5.92 Å². The van der Waals surface area contributed by atoms with Crippen LogP contribution in [0.3, 0.4) is 0 Å². The molecule has 0 amide bonds. The minimum atomic E-state index is -5.24. The van der Waals surface area contributed by atoms with Gasteiger partial charge in [-0.15, -0.1) is 23.8 Å². The van der Waals surface area contributed by atoms with Gasteiger partial charge in [0.1, 0.15) is 51.6 Å². The first-order valence-electron chi connectivity index (χ1n) is 25.8. The zero-order valence-electron chi connectivity index (χ0n) is 50.9. The van der Waals surface area contributed by atoms with Gasteiger partial charge in [0.25, 0.3) is 0 Å². The van der Waals surface area contributed by atoms with Crippen molar-refractivity contribution < 1.29 is 260 Å². The molecule has 57 heteroatoms. The molecule has 28 nitrogen and oxygen atoms in total. The maximum absolute atomic E-state index is 12.5. The molecule has 7 aliphatic rings. The molecule has 7 fully saturated rings. The van der Waals surface area contributed by atoms with Gasteiger partial charge >= 0.3 is 139 Å². The van der Waals surface area contributed by atoms with E-state index in [4.69, 9.17) is 12.8 Å². The topological polar surface area (TPSA) is 313 Å². The standard InChI is InChI=1S/C8H4F6O4.C7H4F6O4.C7H6F4O4.C7H4F4O4.C7H7F3O4.2C7H5F3O4/c9-7(10,11)2-1-3-17-6(8(12,13)14)4-16-5(15)18-6;8-3(4(9)10)1-16-6(7(11,12)13)2-15-5(14)17-6;1-4(8)2-14-6(7(9,10)11)3-13-5(12)15-6;8-2-1-3-14-6(7(9,10)11)4-13-5(12)15-6;3*1-2-3-13-6(7(8,9)10)4-12-5(11)14-6/h3-4H2;1-2H2;1-3H2;3-4H2;2H,1,3-4H2;2*1H,3-4H2. The molecule has 0 N–H and O–H groups in total. The van der Waals surface area contributed by atoms with Gasteiger partial charge in [0, 0.05) is 5.92 Å². The second-order valence-electron chi connectivity index (χ2n) is 18.2. The highest BCUT2D eigenvalue weighted by molar-refractivity contribution is 5.65. The molecule has 7 unspecified atom stereocenters. The average Bonchev–Trinajstić information content (AvgIpc) is 1.75. The molecule has 7 atom stereocenters. The van der Waals surface area contributed by atoms with Crippen molar-refractivity contribution >= 4 is 43.1 Å². The van der Waals surface area contributed by atoms with Crippen LogP contribution >= 0.6 is 0 Å². The summed E-state index contributed by atoms with van der Waals surface area (Å²) in [7, 11) is 0. The second-order valence-corrected chi connectivity index (χ2v) is 18.2. The zero-order chi connectivity index (χ0) is 83.0. The number of rotatable bonds is 17. The molecule has 0 spiro atoms. The van der Waals surface area contributed by atoms with E-state index < -0.39 is 243 Å². The molecular weight excluding hydrogens is 1600 g/mol. The summed E-state index contributed by atoms with van der Waals surface area (Å²) in [5, 5.41) is 0. The van der Waals surface area contributed by atoms with Crippen LogP contribution < -0.4 is 0 Å². The van der Waals surface area contributed by atoms with Crippen LogP contribution in [0.2, 0.25) is 0 Å². The Morgan fingerprint density at radius 3 is 0.785 bits per heavy atom. The minimum absolute atomic E-state index is 0.393. The smallest absolute Gasteiger partial charge is 0.427 e. The normalized spacial score (nSPS) is 25.5. The van der Waals surface area contributed by atoms with Crippen molar-refractivity contribution in [1.82, 2.24) is 0 Å². The molecule has 7 saturated heterocycles. The largest absolute Gasteiger partial charge is 0.511 e. The van der Waals surface area contributed by atoms with E-state index in [1.165, 1.54) is 5.92 Å². The third-order valence-corrected chi connectivity index (χ3v) is 10.8. The van der Waals surface area contributed by atoms with Crippen molar-refractivity contribution in [1.29, 1.82) is 0 Å². The van der Waals surface area contributed by atoms with E-state index in [0.717, 1.165) is 12.3 Å². The van der Waals surface area contributed by atoms with Crippen LogP contribution in [0, 0.1) is 48.6 Å². The monoisotopic (exact) mass is 1630 g/mol. The van der Waals surface area contributed by atoms with E-state index in [0.29, 0.717) is 5.92 Å². The number of alkyl halides is 24. The Balaban J connectivity index is 0.000000625. The van der Waals surface area contributed by atoms with Crippen LogP contribution in [0.15, 0.2) is 37.0 Å². The number of cyclic esters (lactones) is 14. The van der Waals surface area contributed by atoms with Crippen LogP contribution in [0.4, 0.5) is 161 Å². The van der Waals surface area contributed by atoms with Crippen molar-refractivity contribution in [2.24, 2.45) is 0 Å². The molecule has 0 aliphatic carbocycles. The first-order chi connectivity index (χ1) is 48.7. The number of carbonyl (C=O) groups excluding carboxylic acids is 7. The van der Waals surface area contributed by atoms with Gasteiger partial charge in [0.15, 0.2) is 52.1 Å². The molecule has 7 rings (SSSR count). The molecule has 0 aromatic rings. The summed E-state index contributed by atoms with van der Waals surface area (Å²) >= 11 is 0. The number of hydrogen-bond acceptors (Lipinski definition) is 28. The predicted octanol–water partition coefficient (Wildman–Crippen LogP) is 11.5. The fourth-order valence-corrected chi connectivity index (χ4v) is 5.89. The third-order valence-electron chi connectivity index (χ3n) is 10.8. The number of carbonyl (C=O) groups is 7. The Bertz CT molecular complexity index is 3300. The van der Waals surface area contributed by atoms with Crippen molar-refractivity contribution in [3.63, 3.8) is 0 Å². The zero-order valence-corrected chi connectivity index (χ0v) is 50.9. The first-order valence-corrected chi connectivity index (χ1v) is 25.8. The number of ether oxygens (including phenoxy) is 21. The van der Waals surface area contributed by atoms with Gasteiger partial charge in [-0.2, -0.15) is 114 Å². The Labute approximate surface area is 571 Å². The molecule has 107 heavy (non-hydrogen) atoms. The van der Waals surface area contributed by atoms with Crippen LogP contribution in [0.25, 0.3) is 0 Å². The van der Waals surface area contributed by atoms with Crippen LogP contribution in [0.5, 0.6) is 0 Å². The Kier molecular flexibility index (Phi) is 33.3. The van der Waals surface area contributed by atoms with Gasteiger partial charge < -0.3 is 99.5 Å². The van der Waals surface area contributed by atoms with Gasteiger partial charge in [0.05, 0.1) is 6.61 Å². The lowest BCUT2D eigenvalue weighted by atomic mass is 10.3. The van der Waals surface area contributed by atoms with Crippen LogP contribution in [0.1, 0.15) is 0 Å². The lowest BCUT2D eigenvalue weighted by Gasteiger charge is -2.26. The van der Waals surface area contributed by atoms with E-state index in [-0.39, 0.29) is 0 Å². The summed E-state index contributed by atoms with van der Waals surface area (Å²) < 4.78 is 438. The summed E-state index contributed by atoms with van der Waals surface area (Å²) in [6.45, 7) is -8.67. The summed E-state index contributed by atoms with van der Waals surface area (Å²) in [5.41, 5.74) is 0. The number of terminal acetylenes is 2. The highest BCUT2D eigenvalue weighted by atomic mass is 19.4. The van der Waals surface area contributed by atoms with E-state index >= 15 is 0 Å². The SMILES string of the molecule is C#CCOC1(C(F)(F)F)COC(=O)O1.C#CCOC1(C(F)(F)F)COC(=O)O1.C=C(F)COC1(C(F)(F)F)COC(=O)O1.C=CCOC1(C(F)(F)F)COC(=O)O1.O=C1OCC(OCC#CC(F)(F)F)(C(F)(F)F)O1.O=C1OCC(OCC#CF)(C(F)(F)F)O1.O=C1OCC(OCC(F)=C(F)F)(C(F)(F)F)O1. The van der Waals surface area contributed by atoms with Crippen molar-refractivity contribution in [3.8, 4) is 48.6 Å². The maximum atomic E-state index is 12.5. The molecule has 0 saturated carbocycles. The van der Waals surface area contributed by atoms with Crippen molar-refractivity contribution in [2.75, 3.05) is 92.5 Å². The lowest BCUT2D eigenvalue weighted by molar-refractivity contribution is -0.348. The molecule has 0 radical (unpaired) electrons. The van der Waals surface area contributed by atoms with Crippen molar-refractivity contribution in [2.45, 2.75) is 89.9 Å². The fraction of sp³-hybridized carbons (Fsp3) is 0.580. The van der Waals surface area contributed by atoms with E-state index in [1.54, 1.807) is 5.92 Å². The second kappa shape index (κ2) is 37.5. The van der Waals surface area contributed by atoms with Crippen LogP contribution in [-0.4, -0.2) is 226 Å². The number of halogens is 29. The van der Waals surface area contributed by atoms with E-state index in [2.05, 4.69) is 113 Å². The molecular formula is C50H35F29O28. The molecule has 0 bridgehead atoms. The van der Waals surface area contributed by atoms with Crippen molar-refractivity contribution in [3.05, 3.63) is 37.0 Å². The Hall–Kier alpha value is -9.96. The Morgan fingerprint density at radius 1 is 0.374 bits per heavy atom. The quantitative estimate of drug-likeness (QED) is 0.0429. The summed E-state index contributed by atoms with van der Waals surface area (Å²) in [5.74, 6) is -18.5. The van der Waals surface area contributed by atoms with Gasteiger partial charge in [-0.25, -0.2) is 42.3 Å². The molecule has 0 aromatic carbocycles. The Morgan fingerprint density at radius 2 is 0.598 bits per heavy atom. The van der Waals surface area contributed by atoms with E-state index in [1.807, 2.05) is 11.8 Å².